The average Bonchev–Trinajstić information content (AvgIpc) is 2.42. The van der Waals surface area contributed by atoms with E-state index in [4.69, 9.17) is 9.84 Å². The predicted octanol–water partition coefficient (Wildman–Crippen LogP) is 1.21. The first-order valence-electron chi connectivity index (χ1n) is 6.95. The number of carbonyl (C=O) groups is 2. The number of amides is 2. The lowest BCUT2D eigenvalue weighted by molar-refractivity contribution is -0.141. The average molecular weight is 272 g/mol. The number of hydrogen-bond acceptors (Lipinski definition) is 3. The highest BCUT2D eigenvalue weighted by molar-refractivity contribution is 5.75. The summed E-state index contributed by atoms with van der Waals surface area (Å²) in [6.07, 6.45) is 3.46. The minimum atomic E-state index is -0.858. The number of carbonyl (C=O) groups excluding carboxylic acids is 1. The second-order valence-corrected chi connectivity index (χ2v) is 5.00. The fraction of sp³-hybridized carbons (Fsp3) is 0.846. The molecule has 1 heterocycles. The highest BCUT2D eigenvalue weighted by Gasteiger charge is 2.18. The topological polar surface area (TPSA) is 87.7 Å². The second-order valence-electron chi connectivity index (χ2n) is 5.00. The SMILES string of the molecule is CCCC(CNC(=O)NCC1CCCOC1)C(=O)O. The summed E-state index contributed by atoms with van der Waals surface area (Å²) in [6.45, 7) is 4.18. The van der Waals surface area contributed by atoms with Crippen LogP contribution in [-0.4, -0.2) is 43.4 Å². The molecule has 2 amide bonds. The number of rotatable bonds is 7. The Balaban J connectivity index is 2.17. The van der Waals surface area contributed by atoms with Crippen LogP contribution in [0.25, 0.3) is 0 Å². The fourth-order valence-electron chi connectivity index (χ4n) is 2.15. The van der Waals surface area contributed by atoms with E-state index in [0.717, 1.165) is 25.9 Å². The molecule has 0 saturated carbocycles. The molecule has 2 atom stereocenters. The van der Waals surface area contributed by atoms with E-state index in [1.165, 1.54) is 0 Å². The lowest BCUT2D eigenvalue weighted by Gasteiger charge is -2.22. The first-order valence-corrected chi connectivity index (χ1v) is 6.95. The molecular formula is C13H24N2O4. The quantitative estimate of drug-likeness (QED) is 0.650. The van der Waals surface area contributed by atoms with Crippen LogP contribution in [0, 0.1) is 11.8 Å². The van der Waals surface area contributed by atoms with Gasteiger partial charge < -0.3 is 20.5 Å². The van der Waals surface area contributed by atoms with Gasteiger partial charge in [0.15, 0.2) is 0 Å². The van der Waals surface area contributed by atoms with Gasteiger partial charge in [-0.2, -0.15) is 0 Å². The van der Waals surface area contributed by atoms with Gasteiger partial charge in [-0.3, -0.25) is 4.79 Å². The van der Waals surface area contributed by atoms with Gasteiger partial charge >= 0.3 is 12.0 Å². The number of nitrogens with one attached hydrogen (secondary N) is 2. The van der Waals surface area contributed by atoms with Gasteiger partial charge in [-0.25, -0.2) is 4.79 Å². The van der Waals surface area contributed by atoms with E-state index in [2.05, 4.69) is 10.6 Å². The molecule has 0 bridgehead atoms. The number of urea groups is 1. The maximum absolute atomic E-state index is 11.6. The van der Waals surface area contributed by atoms with E-state index in [1.54, 1.807) is 0 Å². The fourth-order valence-corrected chi connectivity index (χ4v) is 2.15. The van der Waals surface area contributed by atoms with Crippen molar-refractivity contribution < 1.29 is 19.4 Å². The van der Waals surface area contributed by atoms with E-state index in [0.29, 0.717) is 25.5 Å². The van der Waals surface area contributed by atoms with Gasteiger partial charge in [0.1, 0.15) is 0 Å². The molecule has 1 fully saturated rings. The molecule has 1 saturated heterocycles. The Morgan fingerprint density at radius 2 is 2.21 bits per heavy atom. The Morgan fingerprint density at radius 3 is 2.79 bits per heavy atom. The standard InChI is InChI=1S/C13H24N2O4/c1-2-4-11(12(16)17)8-15-13(18)14-7-10-5-3-6-19-9-10/h10-11H,2-9H2,1H3,(H,16,17)(H2,14,15,18). The summed E-state index contributed by atoms with van der Waals surface area (Å²) in [5, 5.41) is 14.3. The van der Waals surface area contributed by atoms with Crippen molar-refractivity contribution in [2.75, 3.05) is 26.3 Å². The number of aliphatic carboxylic acids is 1. The number of ether oxygens (including phenoxy) is 1. The predicted molar refractivity (Wildman–Crippen MR) is 71.0 cm³/mol. The summed E-state index contributed by atoms with van der Waals surface area (Å²) in [6, 6.07) is -0.298. The molecule has 6 heteroatoms. The molecule has 1 aliphatic rings. The van der Waals surface area contributed by atoms with Crippen molar-refractivity contribution in [1.82, 2.24) is 10.6 Å². The maximum atomic E-state index is 11.6. The van der Waals surface area contributed by atoms with Crippen LogP contribution in [0.5, 0.6) is 0 Å². The van der Waals surface area contributed by atoms with Gasteiger partial charge in [0.2, 0.25) is 0 Å². The van der Waals surface area contributed by atoms with Crippen molar-refractivity contribution >= 4 is 12.0 Å². The number of hydrogen-bond donors (Lipinski definition) is 3. The molecule has 0 radical (unpaired) electrons. The van der Waals surface area contributed by atoms with Gasteiger partial charge in [-0.15, -0.1) is 0 Å². The zero-order valence-corrected chi connectivity index (χ0v) is 11.5. The minimum absolute atomic E-state index is 0.177. The van der Waals surface area contributed by atoms with Crippen molar-refractivity contribution in [3.63, 3.8) is 0 Å². The van der Waals surface area contributed by atoms with Crippen LogP contribution in [0.2, 0.25) is 0 Å². The second kappa shape index (κ2) is 8.74. The van der Waals surface area contributed by atoms with Crippen molar-refractivity contribution in [1.29, 1.82) is 0 Å². The summed E-state index contributed by atoms with van der Waals surface area (Å²) in [4.78, 5) is 22.5. The highest BCUT2D eigenvalue weighted by Crippen LogP contribution is 2.12. The largest absolute Gasteiger partial charge is 0.481 e. The molecular weight excluding hydrogens is 248 g/mol. The van der Waals surface area contributed by atoms with Crippen LogP contribution in [0.15, 0.2) is 0 Å². The molecule has 0 aromatic heterocycles. The van der Waals surface area contributed by atoms with Crippen LogP contribution in [0.1, 0.15) is 32.6 Å². The first-order chi connectivity index (χ1) is 9.13. The summed E-state index contributed by atoms with van der Waals surface area (Å²) in [5.41, 5.74) is 0. The van der Waals surface area contributed by atoms with Gasteiger partial charge in [0.05, 0.1) is 12.5 Å². The third-order valence-corrected chi connectivity index (χ3v) is 3.30. The van der Waals surface area contributed by atoms with Crippen LogP contribution in [0.3, 0.4) is 0 Å². The van der Waals surface area contributed by atoms with E-state index in [1.807, 2.05) is 6.92 Å². The summed E-state index contributed by atoms with van der Waals surface area (Å²) >= 11 is 0. The molecule has 2 unspecified atom stereocenters. The molecule has 3 N–H and O–H groups in total. The third-order valence-electron chi connectivity index (χ3n) is 3.30. The molecule has 1 rings (SSSR count). The molecule has 110 valence electrons. The zero-order valence-electron chi connectivity index (χ0n) is 11.5. The minimum Gasteiger partial charge on any atom is -0.481 e. The summed E-state index contributed by atoms with van der Waals surface area (Å²) in [5.74, 6) is -0.998. The molecule has 0 spiro atoms. The van der Waals surface area contributed by atoms with Crippen LogP contribution in [-0.2, 0) is 9.53 Å². The molecule has 0 aliphatic carbocycles. The number of carboxylic acids is 1. The molecule has 0 aromatic carbocycles. The van der Waals surface area contributed by atoms with E-state index in [9.17, 15) is 9.59 Å². The summed E-state index contributed by atoms with van der Waals surface area (Å²) in [7, 11) is 0. The molecule has 1 aliphatic heterocycles. The smallest absolute Gasteiger partial charge is 0.314 e. The molecule has 0 aromatic rings. The van der Waals surface area contributed by atoms with E-state index >= 15 is 0 Å². The zero-order chi connectivity index (χ0) is 14.1. The van der Waals surface area contributed by atoms with Gasteiger partial charge in [0, 0.05) is 19.7 Å². The monoisotopic (exact) mass is 272 g/mol. The van der Waals surface area contributed by atoms with Crippen LogP contribution < -0.4 is 10.6 Å². The van der Waals surface area contributed by atoms with Gasteiger partial charge in [-0.1, -0.05) is 13.3 Å². The van der Waals surface area contributed by atoms with Crippen molar-refractivity contribution in [3.8, 4) is 0 Å². The van der Waals surface area contributed by atoms with Gasteiger partial charge in [0.25, 0.3) is 0 Å². The van der Waals surface area contributed by atoms with E-state index in [-0.39, 0.29) is 12.6 Å². The Kier molecular flexibility index (Phi) is 7.25. The van der Waals surface area contributed by atoms with Crippen molar-refractivity contribution in [2.45, 2.75) is 32.6 Å². The molecule has 19 heavy (non-hydrogen) atoms. The molecule has 6 nitrogen and oxygen atoms in total. The Hall–Kier alpha value is -1.30. The lowest BCUT2D eigenvalue weighted by atomic mass is 10.0. The maximum Gasteiger partial charge on any atom is 0.314 e. The van der Waals surface area contributed by atoms with Crippen molar-refractivity contribution in [3.05, 3.63) is 0 Å². The Bertz CT molecular complexity index is 290. The van der Waals surface area contributed by atoms with Gasteiger partial charge in [-0.05, 0) is 25.2 Å². The number of carboxylic acid groups (broad SMARTS) is 1. The highest BCUT2D eigenvalue weighted by atomic mass is 16.5. The Labute approximate surface area is 113 Å². The third kappa shape index (κ3) is 6.42. The normalized spacial score (nSPS) is 20.6. The lowest BCUT2D eigenvalue weighted by Crippen LogP contribution is -2.42. The van der Waals surface area contributed by atoms with Crippen molar-refractivity contribution in [2.24, 2.45) is 11.8 Å². The summed E-state index contributed by atoms with van der Waals surface area (Å²) < 4.78 is 5.33. The van der Waals surface area contributed by atoms with E-state index < -0.39 is 11.9 Å². The first kappa shape index (κ1) is 15.8. The van der Waals surface area contributed by atoms with Crippen LogP contribution in [0.4, 0.5) is 4.79 Å². The van der Waals surface area contributed by atoms with Crippen LogP contribution >= 0.6 is 0 Å². The Morgan fingerprint density at radius 1 is 1.42 bits per heavy atom.